The molecular formula is C33H37F3N6O2. The third kappa shape index (κ3) is 6.25. The molecule has 0 unspecified atom stereocenters. The molecule has 44 heavy (non-hydrogen) atoms. The van der Waals surface area contributed by atoms with Crippen LogP contribution in [-0.4, -0.2) is 70.0 Å². The van der Waals surface area contributed by atoms with E-state index in [-0.39, 0.29) is 23.8 Å². The Labute approximate surface area is 254 Å². The first-order valence-corrected chi connectivity index (χ1v) is 15.1. The van der Waals surface area contributed by atoms with Crippen molar-refractivity contribution in [2.45, 2.75) is 46.0 Å². The van der Waals surface area contributed by atoms with Gasteiger partial charge < -0.3 is 24.8 Å². The highest BCUT2D eigenvalue weighted by Gasteiger charge is 2.35. The predicted molar refractivity (Wildman–Crippen MR) is 164 cm³/mol. The van der Waals surface area contributed by atoms with E-state index in [1.54, 1.807) is 17.2 Å². The molecule has 0 spiro atoms. The van der Waals surface area contributed by atoms with Crippen LogP contribution < -0.4 is 10.1 Å². The zero-order chi connectivity index (χ0) is 31.0. The van der Waals surface area contributed by atoms with Crippen LogP contribution in [0.2, 0.25) is 0 Å². The average molecular weight is 607 g/mol. The number of alkyl halides is 3. The number of hydrogen-bond donors (Lipinski definition) is 2. The number of anilines is 1. The average Bonchev–Trinajstić information content (AvgIpc) is 3.39. The first kappa shape index (κ1) is 30.0. The second kappa shape index (κ2) is 12.1. The van der Waals surface area contributed by atoms with Gasteiger partial charge in [0.1, 0.15) is 17.1 Å². The number of carbonyl (C=O) groups is 1. The number of aromatic nitrogens is 2. The molecule has 2 N–H and O–H groups in total. The number of ether oxygens (including phenoxy) is 1. The minimum atomic E-state index is -4.53. The summed E-state index contributed by atoms with van der Waals surface area (Å²) in [5.41, 5.74) is 3.39. The van der Waals surface area contributed by atoms with Gasteiger partial charge in [-0.2, -0.15) is 13.2 Å². The number of halogens is 3. The van der Waals surface area contributed by atoms with Crippen molar-refractivity contribution in [3.63, 3.8) is 0 Å². The van der Waals surface area contributed by atoms with Crippen molar-refractivity contribution in [2.24, 2.45) is 0 Å². The fourth-order valence-electron chi connectivity index (χ4n) is 6.24. The Bertz CT molecular complexity index is 1660. The van der Waals surface area contributed by atoms with E-state index in [2.05, 4.69) is 32.0 Å². The molecule has 4 aromatic rings. The Kier molecular flexibility index (Phi) is 8.26. The van der Waals surface area contributed by atoms with Crippen LogP contribution in [-0.2, 0) is 19.1 Å². The monoisotopic (exact) mass is 606 g/mol. The van der Waals surface area contributed by atoms with Crippen LogP contribution >= 0.6 is 0 Å². The molecule has 8 nitrogen and oxygen atoms in total. The fourth-order valence-corrected chi connectivity index (χ4v) is 6.24. The number of aryl methyl sites for hydroxylation is 1. The predicted octanol–water partition coefficient (Wildman–Crippen LogP) is 6.97. The number of aromatic amines is 1. The summed E-state index contributed by atoms with van der Waals surface area (Å²) in [5.74, 6) is 1.30. The van der Waals surface area contributed by atoms with Crippen molar-refractivity contribution in [1.82, 2.24) is 24.7 Å². The summed E-state index contributed by atoms with van der Waals surface area (Å²) in [6.07, 6.45) is -2.22. The van der Waals surface area contributed by atoms with Crippen molar-refractivity contribution >= 4 is 22.8 Å². The standard InChI is InChI=1S/C33H37F3N6O2/c1-4-40-13-15-41(16-14-40)20-24-5-7-25(18-29(24)33(34,35)36)39-32(43)42-12-10-23-6-8-26(19-27(23)22(42)3)44-30-9-11-37-31-28(30)17-21(2)38-31/h5-9,11,17-19,22H,4,10,12-16,20H2,1-3H3,(H,37,38)(H,39,43)/t22-/m0/s1. The molecule has 6 rings (SSSR count). The number of fused-ring (bicyclic) bond motifs is 2. The van der Waals surface area contributed by atoms with Gasteiger partial charge in [-0.15, -0.1) is 0 Å². The van der Waals surface area contributed by atoms with Crippen LogP contribution in [0.3, 0.4) is 0 Å². The maximum absolute atomic E-state index is 14.1. The molecule has 11 heteroatoms. The first-order chi connectivity index (χ1) is 21.1. The van der Waals surface area contributed by atoms with Crippen LogP contribution in [0.5, 0.6) is 11.5 Å². The molecular weight excluding hydrogens is 569 g/mol. The largest absolute Gasteiger partial charge is 0.457 e. The molecule has 1 atom stereocenters. The number of rotatable bonds is 6. The first-order valence-electron chi connectivity index (χ1n) is 15.1. The van der Waals surface area contributed by atoms with Crippen LogP contribution in [0.1, 0.15) is 47.8 Å². The lowest BCUT2D eigenvalue weighted by Gasteiger charge is -2.35. The second-order valence-electron chi connectivity index (χ2n) is 11.6. The summed E-state index contributed by atoms with van der Waals surface area (Å²) in [6, 6.07) is 13.0. The van der Waals surface area contributed by atoms with E-state index in [1.807, 2.05) is 44.2 Å². The Morgan fingerprint density at radius 3 is 2.57 bits per heavy atom. The number of nitrogens with one attached hydrogen (secondary N) is 2. The van der Waals surface area contributed by atoms with E-state index in [4.69, 9.17) is 4.74 Å². The highest BCUT2D eigenvalue weighted by Crippen LogP contribution is 2.37. The summed E-state index contributed by atoms with van der Waals surface area (Å²) in [4.78, 5) is 27.0. The molecule has 1 fully saturated rings. The van der Waals surface area contributed by atoms with Gasteiger partial charge in [0, 0.05) is 56.8 Å². The van der Waals surface area contributed by atoms with E-state index in [0.29, 0.717) is 24.5 Å². The Hall–Kier alpha value is -4.09. The number of benzene rings is 2. The van der Waals surface area contributed by atoms with Gasteiger partial charge in [0.05, 0.1) is 17.0 Å². The number of pyridine rings is 1. The SMILES string of the molecule is CCN1CCN(Cc2ccc(NC(=O)N3CCc4ccc(Oc5ccnc6[nH]c(C)cc56)cc4[C@@H]3C)cc2C(F)(F)F)CC1. The highest BCUT2D eigenvalue weighted by atomic mass is 19.4. The molecule has 0 radical (unpaired) electrons. The molecule has 2 aromatic carbocycles. The lowest BCUT2D eigenvalue weighted by Crippen LogP contribution is -2.45. The van der Waals surface area contributed by atoms with Gasteiger partial charge in [-0.3, -0.25) is 4.90 Å². The van der Waals surface area contributed by atoms with Gasteiger partial charge in [0.2, 0.25) is 0 Å². The normalized spacial score (nSPS) is 18.0. The summed E-state index contributed by atoms with van der Waals surface area (Å²) >= 11 is 0. The number of likely N-dealkylation sites (N-methyl/N-ethyl adjacent to an activating group) is 1. The van der Waals surface area contributed by atoms with Crippen molar-refractivity contribution < 1.29 is 22.7 Å². The molecule has 2 aliphatic heterocycles. The van der Waals surface area contributed by atoms with E-state index in [1.165, 1.54) is 6.07 Å². The number of nitrogens with zero attached hydrogens (tertiary/aromatic N) is 4. The number of urea groups is 1. The summed E-state index contributed by atoms with van der Waals surface area (Å²) in [7, 11) is 0. The molecule has 2 aromatic heterocycles. The molecule has 0 bridgehead atoms. The van der Waals surface area contributed by atoms with Crippen LogP contribution in [0.4, 0.5) is 23.7 Å². The minimum Gasteiger partial charge on any atom is -0.457 e. The molecule has 2 amide bonds. The minimum absolute atomic E-state index is 0.125. The van der Waals surface area contributed by atoms with Gasteiger partial charge in [0.25, 0.3) is 0 Å². The zero-order valence-corrected chi connectivity index (χ0v) is 25.2. The summed E-state index contributed by atoms with van der Waals surface area (Å²) in [5, 5.41) is 3.61. The third-order valence-corrected chi connectivity index (χ3v) is 8.74. The van der Waals surface area contributed by atoms with E-state index in [0.717, 1.165) is 66.6 Å². The maximum Gasteiger partial charge on any atom is 0.416 e. The van der Waals surface area contributed by atoms with Gasteiger partial charge in [-0.05, 0) is 79.9 Å². The molecule has 1 saturated heterocycles. The van der Waals surface area contributed by atoms with E-state index >= 15 is 0 Å². The van der Waals surface area contributed by atoms with Crippen LogP contribution in [0.25, 0.3) is 11.0 Å². The van der Waals surface area contributed by atoms with Crippen LogP contribution in [0.15, 0.2) is 54.7 Å². The zero-order valence-electron chi connectivity index (χ0n) is 25.2. The summed E-state index contributed by atoms with van der Waals surface area (Å²) < 4.78 is 48.6. The van der Waals surface area contributed by atoms with Gasteiger partial charge in [0.15, 0.2) is 0 Å². The number of H-pyrrole nitrogens is 1. The number of hydrogen-bond acceptors (Lipinski definition) is 5. The molecule has 0 aliphatic carbocycles. The quantitative estimate of drug-likeness (QED) is 0.248. The maximum atomic E-state index is 14.1. The van der Waals surface area contributed by atoms with Crippen molar-refractivity contribution in [3.05, 3.63) is 82.7 Å². The molecule has 2 aliphatic rings. The van der Waals surface area contributed by atoms with Crippen molar-refractivity contribution in [2.75, 3.05) is 44.6 Å². The van der Waals surface area contributed by atoms with Crippen molar-refractivity contribution in [1.29, 1.82) is 0 Å². The van der Waals surface area contributed by atoms with Gasteiger partial charge in [-0.25, -0.2) is 9.78 Å². The van der Waals surface area contributed by atoms with Gasteiger partial charge in [-0.1, -0.05) is 19.1 Å². The van der Waals surface area contributed by atoms with E-state index in [9.17, 15) is 18.0 Å². The second-order valence-corrected chi connectivity index (χ2v) is 11.6. The Balaban J connectivity index is 1.17. The molecule has 0 saturated carbocycles. The molecule has 4 heterocycles. The van der Waals surface area contributed by atoms with E-state index < -0.39 is 17.8 Å². The Morgan fingerprint density at radius 2 is 1.82 bits per heavy atom. The number of amides is 2. The smallest absolute Gasteiger partial charge is 0.416 e. The Morgan fingerprint density at radius 1 is 1.05 bits per heavy atom. The van der Waals surface area contributed by atoms with Crippen LogP contribution in [0, 0.1) is 6.92 Å². The topological polar surface area (TPSA) is 76.7 Å². The number of carbonyl (C=O) groups excluding carboxylic acids is 1. The summed E-state index contributed by atoms with van der Waals surface area (Å²) in [6.45, 7) is 10.7. The fraction of sp³-hybridized carbons (Fsp3) is 0.394. The van der Waals surface area contributed by atoms with Crippen molar-refractivity contribution in [3.8, 4) is 11.5 Å². The highest BCUT2D eigenvalue weighted by molar-refractivity contribution is 5.90. The van der Waals surface area contributed by atoms with Gasteiger partial charge >= 0.3 is 12.2 Å². The lowest BCUT2D eigenvalue weighted by molar-refractivity contribution is -0.138. The molecule has 232 valence electrons. The lowest BCUT2D eigenvalue weighted by atomic mass is 9.93. The third-order valence-electron chi connectivity index (χ3n) is 8.74. The number of piperazine rings is 1.